The SMILES string of the molecule is C.C/C=C(\C)C(=O)OC1C(OC(C)=O)C2(C(=O)O)C(CC1(C)C)C1=CCC3C4(C)CCC(OC5OC(CO)C(O)C(OC6OC(CO)C(O)C(OC7OC(C)C(O)C(O)C7O)C6O)C5O)C(C)(C)C4CCC3(C)C1(C)C(OC(C)=O)C2OC(C)=O. The van der Waals surface area contributed by atoms with Gasteiger partial charge in [-0.25, -0.2) is 4.79 Å². The molecule has 0 spiro atoms. The fourth-order valence-electron chi connectivity index (χ4n) is 16.9. The van der Waals surface area contributed by atoms with Crippen LogP contribution in [0.5, 0.6) is 0 Å². The van der Waals surface area contributed by atoms with Gasteiger partial charge >= 0.3 is 29.8 Å². The summed E-state index contributed by atoms with van der Waals surface area (Å²) >= 11 is 0. The lowest BCUT2D eigenvalue weighted by Crippen LogP contribution is -2.78. The first-order chi connectivity index (χ1) is 39.1. The number of hydrogen-bond acceptors (Lipinski definition) is 24. The van der Waals surface area contributed by atoms with Crippen molar-refractivity contribution in [3.8, 4) is 0 Å². The summed E-state index contributed by atoms with van der Waals surface area (Å²) in [5, 5.41) is 110. The monoisotopic (exact) mass is 1210 g/mol. The van der Waals surface area contributed by atoms with Gasteiger partial charge in [-0.3, -0.25) is 19.2 Å². The average Bonchev–Trinajstić information content (AvgIpc) is 0.820. The van der Waals surface area contributed by atoms with Gasteiger partial charge in [-0.1, -0.05) is 73.6 Å². The van der Waals surface area contributed by atoms with Gasteiger partial charge < -0.3 is 98.4 Å². The van der Waals surface area contributed by atoms with Gasteiger partial charge in [0.15, 0.2) is 36.5 Å². The van der Waals surface area contributed by atoms with Crippen LogP contribution in [0.4, 0.5) is 0 Å². The summed E-state index contributed by atoms with van der Waals surface area (Å²) in [4.78, 5) is 68.9. The molecule has 8 rings (SSSR count). The van der Waals surface area contributed by atoms with Crippen LogP contribution in [-0.4, -0.2) is 217 Å². The van der Waals surface area contributed by atoms with Crippen LogP contribution >= 0.6 is 0 Å². The van der Waals surface area contributed by atoms with Crippen LogP contribution < -0.4 is 0 Å². The smallest absolute Gasteiger partial charge is 0.333 e. The molecule has 3 saturated heterocycles. The molecule has 484 valence electrons. The summed E-state index contributed by atoms with van der Waals surface area (Å²) in [7, 11) is 0. The number of aliphatic hydroxyl groups excluding tert-OH is 9. The first-order valence-electron chi connectivity index (χ1n) is 29.3. The highest BCUT2D eigenvalue weighted by atomic mass is 16.8. The van der Waals surface area contributed by atoms with Crippen molar-refractivity contribution in [2.24, 2.45) is 50.2 Å². The normalized spacial score (nSPS) is 47.3. The second-order valence-corrected chi connectivity index (χ2v) is 26.8. The number of aliphatic hydroxyl groups is 9. The highest BCUT2D eigenvalue weighted by Crippen LogP contribution is 2.77. The van der Waals surface area contributed by atoms with Crippen molar-refractivity contribution >= 4 is 29.8 Å². The average molecular weight is 1220 g/mol. The van der Waals surface area contributed by atoms with Gasteiger partial charge in [-0.05, 0) is 87.4 Å². The Balaban J connectivity index is 0.0000104. The Hall–Kier alpha value is -3.77. The van der Waals surface area contributed by atoms with Crippen LogP contribution in [0, 0.1) is 50.2 Å². The van der Waals surface area contributed by atoms with Crippen LogP contribution in [0.3, 0.4) is 0 Å². The maximum Gasteiger partial charge on any atom is 0.333 e. The lowest BCUT2D eigenvalue weighted by molar-refractivity contribution is -0.384. The zero-order valence-electron chi connectivity index (χ0n) is 50.2. The number of rotatable bonds is 14. The number of carboxylic acids is 1. The van der Waals surface area contributed by atoms with E-state index in [9.17, 15) is 75.0 Å². The highest BCUT2D eigenvalue weighted by Gasteiger charge is 2.81. The van der Waals surface area contributed by atoms with E-state index in [0.717, 1.165) is 13.8 Å². The molecule has 8 aliphatic rings. The lowest BCUT2D eigenvalue weighted by atomic mass is 9.32. The molecular weight excluding hydrogens is 1120 g/mol. The number of esters is 4. The molecule has 85 heavy (non-hydrogen) atoms. The molecule has 27 unspecified atom stereocenters. The molecular formula is C60H94O25. The van der Waals surface area contributed by atoms with Gasteiger partial charge in [0, 0.05) is 43.1 Å². The Morgan fingerprint density at radius 2 is 1.11 bits per heavy atom. The number of carbonyl (C=O) groups is 5. The molecule has 27 atom stereocenters. The molecule has 0 bridgehead atoms. The summed E-state index contributed by atoms with van der Waals surface area (Å²) < 4.78 is 60.8. The Bertz CT molecular complexity index is 2540. The second-order valence-electron chi connectivity index (χ2n) is 26.8. The molecule has 0 amide bonds. The number of carboxylic acid groups (broad SMARTS) is 1. The van der Waals surface area contributed by atoms with Gasteiger partial charge in [0.25, 0.3) is 0 Å². The largest absolute Gasteiger partial charge is 0.481 e. The summed E-state index contributed by atoms with van der Waals surface area (Å²) in [6, 6.07) is 0. The van der Waals surface area contributed by atoms with E-state index in [4.69, 9.17) is 47.4 Å². The topological polar surface area (TPSA) is 380 Å². The van der Waals surface area contributed by atoms with E-state index in [-0.39, 0.29) is 31.3 Å². The number of hydrogen-bond donors (Lipinski definition) is 10. The third-order valence-corrected chi connectivity index (χ3v) is 21.4. The molecule has 3 aliphatic heterocycles. The Morgan fingerprint density at radius 1 is 0.612 bits per heavy atom. The van der Waals surface area contributed by atoms with E-state index in [1.165, 1.54) is 26.8 Å². The van der Waals surface area contributed by atoms with Crippen LogP contribution in [-0.2, 0) is 71.3 Å². The fraction of sp³-hybridized carbons (Fsp3) is 0.850. The summed E-state index contributed by atoms with van der Waals surface area (Å²) in [6.45, 7) is 20.3. The minimum atomic E-state index is -2.37. The van der Waals surface area contributed by atoms with Gasteiger partial charge in [0.1, 0.15) is 79.4 Å². The van der Waals surface area contributed by atoms with Crippen LogP contribution in [0.2, 0.25) is 0 Å². The molecule has 0 radical (unpaired) electrons. The molecule has 0 aromatic carbocycles. The van der Waals surface area contributed by atoms with Crippen molar-refractivity contribution in [2.75, 3.05) is 13.2 Å². The van der Waals surface area contributed by atoms with Crippen LogP contribution in [0.15, 0.2) is 23.3 Å². The Labute approximate surface area is 496 Å². The third-order valence-electron chi connectivity index (χ3n) is 21.4. The first-order valence-corrected chi connectivity index (χ1v) is 29.3. The van der Waals surface area contributed by atoms with Crippen LogP contribution in [0.25, 0.3) is 0 Å². The first kappa shape index (κ1) is 68.7. The quantitative estimate of drug-likeness (QED) is 0.0387. The van der Waals surface area contributed by atoms with Crippen molar-refractivity contribution in [1.82, 2.24) is 0 Å². The molecule has 5 aliphatic carbocycles. The standard InChI is InChI=1S/C59H90O25.CH4/c1-14-24(2)49(72)84-45-47(77-27(5)63)59(53(73)74)30(21-54(45,7)8)29-15-16-34-56(11)19-18-35(55(9,10)33(56)17-20-57(34,12)58(29,13)46(76-26(4)62)48(59)78-28(6)64)81-51-41(70)43(37(66)31(22-60)79-51)83-52-42(71)44(38(67)32(23-61)80-52)82-50-40(69)39(68)36(65)25(3)75-50;/h14-15,25,30-48,50-52,60-61,65-71H,16-23H2,1-13H3,(H,73,74);1H4/b24-14+;. The Kier molecular flexibility index (Phi) is 20.1. The third kappa shape index (κ3) is 11.2. The second kappa shape index (κ2) is 24.9. The van der Waals surface area contributed by atoms with Crippen molar-refractivity contribution in [3.05, 3.63) is 23.3 Å². The van der Waals surface area contributed by atoms with E-state index in [1.54, 1.807) is 20.8 Å². The predicted octanol–water partition coefficient (Wildman–Crippen LogP) is 1.48. The van der Waals surface area contributed by atoms with Gasteiger partial charge in [0.2, 0.25) is 0 Å². The summed E-state index contributed by atoms with van der Waals surface area (Å²) in [5.41, 5.74) is -6.00. The van der Waals surface area contributed by atoms with E-state index in [2.05, 4.69) is 13.8 Å². The number of aliphatic carboxylic acids is 1. The molecule has 25 nitrogen and oxygen atoms in total. The number of allylic oxidation sites excluding steroid dienone is 2. The van der Waals surface area contributed by atoms with Crippen molar-refractivity contribution in [3.63, 3.8) is 0 Å². The molecule has 0 aromatic heterocycles. The minimum absolute atomic E-state index is 0. The van der Waals surface area contributed by atoms with Crippen molar-refractivity contribution < 1.29 is 122 Å². The molecule has 3 heterocycles. The van der Waals surface area contributed by atoms with E-state index in [1.807, 2.05) is 26.8 Å². The molecule has 4 saturated carbocycles. The lowest BCUT2D eigenvalue weighted by Gasteiger charge is -2.73. The molecule has 0 aromatic rings. The van der Waals surface area contributed by atoms with E-state index in [0.29, 0.717) is 37.7 Å². The number of fused-ring (bicyclic) bond motifs is 7. The zero-order chi connectivity index (χ0) is 62.5. The van der Waals surface area contributed by atoms with E-state index >= 15 is 0 Å². The summed E-state index contributed by atoms with van der Waals surface area (Å²) in [5.74, 6) is -6.27. The van der Waals surface area contributed by atoms with Gasteiger partial charge in [0.05, 0.1) is 25.4 Å². The molecule has 10 N–H and O–H groups in total. The molecule has 25 heteroatoms. The maximum atomic E-state index is 14.7. The predicted molar refractivity (Wildman–Crippen MR) is 293 cm³/mol. The minimum Gasteiger partial charge on any atom is -0.481 e. The number of carbonyl (C=O) groups excluding carboxylic acids is 4. The Morgan fingerprint density at radius 3 is 1.60 bits per heavy atom. The van der Waals surface area contributed by atoms with E-state index < -0.39 is 204 Å². The van der Waals surface area contributed by atoms with Gasteiger partial charge in [-0.2, -0.15) is 0 Å². The zero-order valence-corrected chi connectivity index (χ0v) is 50.2. The molecule has 7 fully saturated rings. The summed E-state index contributed by atoms with van der Waals surface area (Å²) in [6.07, 6.45) is -26.3. The van der Waals surface area contributed by atoms with Gasteiger partial charge in [-0.15, -0.1) is 0 Å². The van der Waals surface area contributed by atoms with Crippen molar-refractivity contribution in [1.29, 1.82) is 0 Å². The van der Waals surface area contributed by atoms with Crippen molar-refractivity contribution in [2.45, 2.75) is 259 Å². The maximum absolute atomic E-state index is 14.7. The van der Waals surface area contributed by atoms with Crippen LogP contribution in [0.1, 0.15) is 136 Å². The number of ether oxygens (including phenoxy) is 10. The highest BCUT2D eigenvalue weighted by molar-refractivity contribution is 5.88. The fourth-order valence-corrected chi connectivity index (χ4v) is 16.9.